The molecule has 0 unspecified atom stereocenters. The number of imidazole rings is 1. The smallest absolute Gasteiger partial charge is 0.257 e. The van der Waals surface area contributed by atoms with Crippen molar-refractivity contribution in [3.63, 3.8) is 0 Å². The average Bonchev–Trinajstić information content (AvgIpc) is 3.23. The Labute approximate surface area is 200 Å². The lowest BCUT2D eigenvalue weighted by molar-refractivity contribution is -0.123. The number of rotatable bonds is 12. The highest BCUT2D eigenvalue weighted by atomic mass is 16.5. The SMILES string of the molecule is COc1ccccc1Cn1c(CCCCCNC(=O)COc2ccccc2)nc2ccccc21. The average molecular weight is 458 g/mol. The Kier molecular flexibility index (Phi) is 8.17. The molecule has 0 saturated carbocycles. The second-order valence-electron chi connectivity index (χ2n) is 8.18. The Morgan fingerprint density at radius 2 is 1.68 bits per heavy atom. The van der Waals surface area contributed by atoms with Crippen molar-refractivity contribution in [2.45, 2.75) is 32.2 Å². The number of ether oxygens (including phenoxy) is 2. The number of nitrogens with zero attached hydrogens (tertiary/aromatic N) is 2. The summed E-state index contributed by atoms with van der Waals surface area (Å²) in [5, 5.41) is 2.93. The first kappa shape index (κ1) is 23.4. The van der Waals surface area contributed by atoms with Crippen molar-refractivity contribution < 1.29 is 14.3 Å². The Morgan fingerprint density at radius 3 is 2.53 bits per heavy atom. The summed E-state index contributed by atoms with van der Waals surface area (Å²) >= 11 is 0. The minimum Gasteiger partial charge on any atom is -0.496 e. The van der Waals surface area contributed by atoms with E-state index in [2.05, 4.69) is 34.1 Å². The number of hydrogen-bond acceptors (Lipinski definition) is 4. The summed E-state index contributed by atoms with van der Waals surface area (Å²) in [6, 6.07) is 25.7. The Bertz CT molecular complexity index is 1200. The van der Waals surface area contributed by atoms with Crippen LogP contribution in [0.1, 0.15) is 30.7 Å². The van der Waals surface area contributed by atoms with E-state index in [1.54, 1.807) is 7.11 Å². The fraction of sp³-hybridized carbons (Fsp3) is 0.286. The minimum absolute atomic E-state index is 0.0387. The molecule has 0 radical (unpaired) electrons. The van der Waals surface area contributed by atoms with E-state index in [-0.39, 0.29) is 12.5 Å². The van der Waals surface area contributed by atoms with Crippen molar-refractivity contribution in [1.82, 2.24) is 14.9 Å². The number of carbonyl (C=O) groups is 1. The molecule has 176 valence electrons. The summed E-state index contributed by atoms with van der Waals surface area (Å²) in [5.74, 6) is 2.57. The molecule has 0 fully saturated rings. The molecule has 0 saturated heterocycles. The van der Waals surface area contributed by atoms with E-state index >= 15 is 0 Å². The van der Waals surface area contributed by atoms with E-state index in [0.29, 0.717) is 12.3 Å². The van der Waals surface area contributed by atoms with Crippen LogP contribution in [-0.2, 0) is 17.8 Å². The molecule has 6 heteroatoms. The van der Waals surface area contributed by atoms with Gasteiger partial charge in [0.1, 0.15) is 17.3 Å². The zero-order valence-electron chi connectivity index (χ0n) is 19.6. The number of carbonyl (C=O) groups excluding carboxylic acids is 1. The molecule has 1 amide bonds. The maximum atomic E-state index is 12.0. The normalized spacial score (nSPS) is 10.9. The molecule has 0 aliphatic carbocycles. The quantitative estimate of drug-likeness (QED) is 0.304. The van der Waals surface area contributed by atoms with Gasteiger partial charge in [-0.3, -0.25) is 4.79 Å². The van der Waals surface area contributed by atoms with Crippen molar-refractivity contribution in [2.75, 3.05) is 20.3 Å². The highest BCUT2D eigenvalue weighted by Crippen LogP contribution is 2.24. The predicted octanol–water partition coefficient (Wildman–Crippen LogP) is 5.00. The van der Waals surface area contributed by atoms with E-state index in [1.165, 1.54) is 0 Å². The van der Waals surface area contributed by atoms with E-state index in [4.69, 9.17) is 14.5 Å². The lowest BCUT2D eigenvalue weighted by atomic mass is 10.1. The molecular formula is C28H31N3O3. The fourth-order valence-corrected chi connectivity index (χ4v) is 4.03. The van der Waals surface area contributed by atoms with Crippen LogP contribution in [0, 0.1) is 0 Å². The zero-order valence-corrected chi connectivity index (χ0v) is 19.6. The summed E-state index contributed by atoms with van der Waals surface area (Å²) in [7, 11) is 1.71. The van der Waals surface area contributed by atoms with Crippen molar-refractivity contribution in [1.29, 1.82) is 0 Å². The number of amides is 1. The highest BCUT2D eigenvalue weighted by molar-refractivity contribution is 5.77. The largest absolute Gasteiger partial charge is 0.496 e. The third-order valence-electron chi connectivity index (χ3n) is 5.77. The molecule has 1 N–H and O–H groups in total. The molecule has 0 atom stereocenters. The van der Waals surface area contributed by atoms with Crippen LogP contribution in [0.15, 0.2) is 78.9 Å². The van der Waals surface area contributed by atoms with E-state index < -0.39 is 0 Å². The summed E-state index contributed by atoms with van der Waals surface area (Å²) in [4.78, 5) is 16.9. The summed E-state index contributed by atoms with van der Waals surface area (Å²) in [6.45, 7) is 1.41. The van der Waals surface area contributed by atoms with Crippen LogP contribution >= 0.6 is 0 Å². The van der Waals surface area contributed by atoms with Crippen molar-refractivity contribution in [2.24, 2.45) is 0 Å². The van der Waals surface area contributed by atoms with Crippen molar-refractivity contribution >= 4 is 16.9 Å². The van der Waals surface area contributed by atoms with Gasteiger partial charge in [0.15, 0.2) is 6.61 Å². The number of aryl methyl sites for hydroxylation is 1. The van der Waals surface area contributed by atoms with Crippen molar-refractivity contribution in [3.8, 4) is 11.5 Å². The molecule has 4 aromatic rings. The third kappa shape index (κ3) is 6.16. The van der Waals surface area contributed by atoms with Crippen LogP contribution < -0.4 is 14.8 Å². The molecule has 34 heavy (non-hydrogen) atoms. The molecular weight excluding hydrogens is 426 g/mol. The lowest BCUT2D eigenvalue weighted by Gasteiger charge is -2.12. The number of unbranched alkanes of at least 4 members (excludes halogenated alkanes) is 2. The molecule has 1 heterocycles. The second kappa shape index (κ2) is 11.9. The monoisotopic (exact) mass is 457 g/mol. The van der Waals surface area contributed by atoms with Gasteiger partial charge in [-0.1, -0.05) is 55.0 Å². The molecule has 1 aromatic heterocycles. The van der Waals surface area contributed by atoms with E-state index in [1.807, 2.05) is 54.6 Å². The van der Waals surface area contributed by atoms with Crippen LogP contribution in [0.3, 0.4) is 0 Å². The van der Waals surface area contributed by atoms with E-state index in [0.717, 1.165) is 60.4 Å². The Hall–Kier alpha value is -3.80. The highest BCUT2D eigenvalue weighted by Gasteiger charge is 2.12. The van der Waals surface area contributed by atoms with Crippen LogP contribution in [0.4, 0.5) is 0 Å². The number of methoxy groups -OCH3 is 1. The minimum atomic E-state index is -0.0949. The molecule has 4 rings (SSSR count). The fourth-order valence-electron chi connectivity index (χ4n) is 4.03. The summed E-state index contributed by atoms with van der Waals surface area (Å²) < 4.78 is 13.3. The standard InChI is InChI=1S/C28H31N3O3/c1-33-26-17-10-7-12-22(26)20-31-25-16-9-8-15-24(25)30-27(31)18-6-3-11-19-29-28(32)21-34-23-13-4-2-5-14-23/h2,4-5,7-10,12-17H,3,6,11,18-21H2,1H3,(H,29,32). The van der Waals surface area contributed by atoms with Gasteiger partial charge in [0.05, 0.1) is 24.7 Å². The second-order valence-corrected chi connectivity index (χ2v) is 8.18. The topological polar surface area (TPSA) is 65.4 Å². The molecule has 0 bridgehead atoms. The summed E-state index contributed by atoms with van der Waals surface area (Å²) in [5.41, 5.74) is 3.28. The van der Waals surface area contributed by atoms with Crippen molar-refractivity contribution in [3.05, 3.63) is 90.3 Å². The van der Waals surface area contributed by atoms with Gasteiger partial charge in [-0.25, -0.2) is 4.98 Å². The number of para-hydroxylation sites is 4. The maximum absolute atomic E-state index is 12.0. The number of fused-ring (bicyclic) bond motifs is 1. The first-order chi connectivity index (χ1) is 16.7. The zero-order chi connectivity index (χ0) is 23.6. The summed E-state index contributed by atoms with van der Waals surface area (Å²) in [6.07, 6.45) is 3.82. The van der Waals surface area contributed by atoms with Gasteiger partial charge in [0.25, 0.3) is 5.91 Å². The van der Waals surface area contributed by atoms with Crippen LogP contribution in [0.25, 0.3) is 11.0 Å². The molecule has 3 aromatic carbocycles. The molecule has 0 aliphatic rings. The lowest BCUT2D eigenvalue weighted by Crippen LogP contribution is -2.29. The first-order valence-corrected chi connectivity index (χ1v) is 11.7. The number of benzene rings is 3. The Balaban J connectivity index is 1.27. The van der Waals surface area contributed by atoms with Gasteiger partial charge in [-0.15, -0.1) is 0 Å². The van der Waals surface area contributed by atoms with Gasteiger partial charge in [0.2, 0.25) is 0 Å². The van der Waals surface area contributed by atoms with Gasteiger partial charge >= 0.3 is 0 Å². The maximum Gasteiger partial charge on any atom is 0.257 e. The number of nitrogens with one attached hydrogen (secondary N) is 1. The van der Waals surface area contributed by atoms with Crippen LogP contribution in [0.2, 0.25) is 0 Å². The first-order valence-electron chi connectivity index (χ1n) is 11.7. The molecule has 0 aliphatic heterocycles. The Morgan fingerprint density at radius 1 is 0.912 bits per heavy atom. The third-order valence-corrected chi connectivity index (χ3v) is 5.77. The van der Waals surface area contributed by atoms with Gasteiger partial charge < -0.3 is 19.4 Å². The van der Waals surface area contributed by atoms with Gasteiger partial charge in [-0.2, -0.15) is 0 Å². The van der Waals surface area contributed by atoms with Crippen LogP contribution in [0.5, 0.6) is 11.5 Å². The van der Waals surface area contributed by atoms with E-state index in [9.17, 15) is 4.79 Å². The molecule has 6 nitrogen and oxygen atoms in total. The number of aromatic nitrogens is 2. The van der Waals surface area contributed by atoms with Gasteiger partial charge in [0, 0.05) is 18.5 Å². The number of hydrogen-bond donors (Lipinski definition) is 1. The predicted molar refractivity (Wildman–Crippen MR) is 134 cm³/mol. The van der Waals surface area contributed by atoms with Gasteiger partial charge in [-0.05, 0) is 43.2 Å². The van der Waals surface area contributed by atoms with Crippen LogP contribution in [-0.4, -0.2) is 35.7 Å². The molecule has 0 spiro atoms.